The van der Waals surface area contributed by atoms with E-state index in [2.05, 4.69) is 4.74 Å². The molecule has 0 unspecified atom stereocenters. The lowest BCUT2D eigenvalue weighted by Crippen LogP contribution is -2.31. The van der Waals surface area contributed by atoms with E-state index in [-0.39, 0.29) is 22.4 Å². The van der Waals surface area contributed by atoms with Crippen LogP contribution in [0.25, 0.3) is 16.7 Å². The lowest BCUT2D eigenvalue weighted by Gasteiger charge is -2.10. The number of aromatic hydroxyl groups is 3. The number of nitrogens with zero attached hydrogens (tertiary/aromatic N) is 2. The molecule has 0 bridgehead atoms. The normalized spacial score (nSPS) is 10.7. The summed E-state index contributed by atoms with van der Waals surface area (Å²) in [6.07, 6.45) is -1.09. The molecule has 0 aliphatic rings. The molecule has 34 heavy (non-hydrogen) atoms. The topological polar surface area (TPSA) is 180 Å². The van der Waals surface area contributed by atoms with E-state index in [4.69, 9.17) is 14.0 Å². The minimum Gasteiger partial charge on any atom is -0.507 e. The van der Waals surface area contributed by atoms with Crippen molar-refractivity contribution >= 4 is 23.1 Å². The zero-order chi connectivity index (χ0) is 24.6. The molecule has 2 aromatic heterocycles. The van der Waals surface area contributed by atoms with Crippen LogP contribution in [0.3, 0.4) is 0 Å². The van der Waals surface area contributed by atoms with Crippen molar-refractivity contribution in [3.8, 4) is 28.9 Å². The van der Waals surface area contributed by atoms with Crippen LogP contribution in [0.2, 0.25) is 0 Å². The first-order chi connectivity index (χ1) is 16.2. The molecule has 0 aliphatic carbocycles. The Kier molecular flexibility index (Phi) is 5.43. The predicted octanol–water partition coefficient (Wildman–Crippen LogP) is 1.28. The van der Waals surface area contributed by atoms with Crippen LogP contribution in [0, 0.1) is 0 Å². The summed E-state index contributed by atoms with van der Waals surface area (Å²) in [6, 6.07) is 9.28. The minimum atomic E-state index is -1.17. The van der Waals surface area contributed by atoms with Gasteiger partial charge in [-0.3, -0.25) is 4.79 Å². The van der Waals surface area contributed by atoms with Crippen LogP contribution in [0.5, 0.6) is 23.3 Å². The highest BCUT2D eigenvalue weighted by atomic mass is 16.7. The summed E-state index contributed by atoms with van der Waals surface area (Å²) in [6.45, 7) is 0. The SMILES string of the molecule is COC(=O)Oc1cccc2c(=O)n(-c3ccc(C(=O)On4c(O)ccc4O)c(O)c3)c(=O)oc12. The number of methoxy groups -OCH3 is 1. The lowest BCUT2D eigenvalue weighted by molar-refractivity contribution is 0.0378. The highest BCUT2D eigenvalue weighted by Gasteiger charge is 2.21. The van der Waals surface area contributed by atoms with E-state index in [0.29, 0.717) is 9.30 Å². The van der Waals surface area contributed by atoms with Gasteiger partial charge in [-0.2, -0.15) is 0 Å². The number of para-hydroxylation sites is 1. The van der Waals surface area contributed by atoms with Crippen LogP contribution < -0.4 is 20.9 Å². The Morgan fingerprint density at radius 1 is 0.971 bits per heavy atom. The molecule has 0 atom stereocenters. The Hall–Kier alpha value is -5.20. The van der Waals surface area contributed by atoms with Gasteiger partial charge in [0.05, 0.1) is 18.2 Å². The number of hydrogen-bond donors (Lipinski definition) is 3. The number of carbonyl (C=O) groups excluding carboxylic acids is 2. The average molecular weight is 470 g/mol. The highest BCUT2D eigenvalue weighted by Crippen LogP contribution is 2.25. The van der Waals surface area contributed by atoms with Crippen molar-refractivity contribution in [1.82, 2.24) is 9.30 Å². The van der Waals surface area contributed by atoms with E-state index < -0.39 is 46.5 Å². The summed E-state index contributed by atoms with van der Waals surface area (Å²) in [5.41, 5.74) is -1.71. The summed E-state index contributed by atoms with van der Waals surface area (Å²) >= 11 is 0. The summed E-state index contributed by atoms with van der Waals surface area (Å²) in [7, 11) is 1.08. The quantitative estimate of drug-likeness (QED) is 0.289. The number of ether oxygens (including phenoxy) is 2. The van der Waals surface area contributed by atoms with Crippen LogP contribution in [-0.2, 0) is 4.74 Å². The predicted molar refractivity (Wildman–Crippen MR) is 111 cm³/mol. The molecule has 0 fully saturated rings. The third-order valence-corrected chi connectivity index (χ3v) is 4.58. The maximum Gasteiger partial charge on any atom is 0.513 e. The van der Waals surface area contributed by atoms with E-state index in [1.165, 1.54) is 18.2 Å². The Morgan fingerprint density at radius 2 is 1.68 bits per heavy atom. The first-order valence-electron chi connectivity index (χ1n) is 9.31. The van der Waals surface area contributed by atoms with Crippen molar-refractivity contribution in [3.63, 3.8) is 0 Å². The molecule has 2 aromatic carbocycles. The fraction of sp³-hybridized carbons (Fsp3) is 0.0476. The average Bonchev–Trinajstić information content (AvgIpc) is 3.11. The third kappa shape index (κ3) is 3.77. The fourth-order valence-electron chi connectivity index (χ4n) is 3.02. The van der Waals surface area contributed by atoms with Crippen LogP contribution in [0.15, 0.2) is 62.5 Å². The number of hydrogen-bond acceptors (Lipinski definition) is 11. The van der Waals surface area contributed by atoms with Gasteiger partial charge in [0.1, 0.15) is 11.3 Å². The maximum atomic E-state index is 13.0. The number of aromatic nitrogens is 2. The molecule has 174 valence electrons. The first kappa shape index (κ1) is 22.0. The number of phenolic OH excluding ortho intramolecular Hbond substituents is 1. The second kappa shape index (κ2) is 8.38. The standard InChI is InChI=1S/C21H14N2O11/c1-31-21(30)32-14-4-2-3-12-17(14)33-20(29)22(18(12)27)10-5-6-11(13(24)9-10)19(28)34-23-15(25)7-8-16(23)26/h2-9,24-26H,1H3. The molecule has 0 spiro atoms. The number of carbonyl (C=O) groups is 2. The second-order valence-electron chi connectivity index (χ2n) is 6.62. The Labute approximate surface area is 187 Å². The highest BCUT2D eigenvalue weighted by molar-refractivity contribution is 5.93. The van der Waals surface area contributed by atoms with Gasteiger partial charge in [-0.25, -0.2) is 19.0 Å². The van der Waals surface area contributed by atoms with Gasteiger partial charge < -0.3 is 34.0 Å². The molecular formula is C21H14N2O11. The zero-order valence-electron chi connectivity index (χ0n) is 17.1. The number of fused-ring (bicyclic) bond motifs is 1. The Balaban J connectivity index is 1.74. The van der Waals surface area contributed by atoms with Crippen LogP contribution in [-0.4, -0.2) is 43.9 Å². The van der Waals surface area contributed by atoms with Gasteiger partial charge in [0.2, 0.25) is 11.8 Å². The van der Waals surface area contributed by atoms with Gasteiger partial charge in [-0.05, 0) is 24.3 Å². The van der Waals surface area contributed by atoms with E-state index in [1.54, 1.807) is 0 Å². The van der Waals surface area contributed by atoms with E-state index in [9.17, 15) is 34.5 Å². The number of rotatable bonds is 4. The van der Waals surface area contributed by atoms with E-state index >= 15 is 0 Å². The maximum absolute atomic E-state index is 13.0. The van der Waals surface area contributed by atoms with Crippen LogP contribution >= 0.6 is 0 Å². The molecule has 0 amide bonds. The lowest BCUT2D eigenvalue weighted by atomic mass is 10.1. The fourth-order valence-corrected chi connectivity index (χ4v) is 3.02. The molecule has 0 aliphatic heterocycles. The first-order valence-corrected chi connectivity index (χ1v) is 9.31. The molecule has 2 heterocycles. The Bertz CT molecular complexity index is 1540. The number of benzene rings is 2. The van der Waals surface area contributed by atoms with E-state index in [0.717, 1.165) is 37.4 Å². The van der Waals surface area contributed by atoms with Crippen molar-refractivity contribution in [2.75, 3.05) is 7.11 Å². The minimum absolute atomic E-state index is 0.123. The van der Waals surface area contributed by atoms with E-state index in [1.807, 2.05) is 0 Å². The summed E-state index contributed by atoms with van der Waals surface area (Å²) in [4.78, 5) is 54.1. The molecular weight excluding hydrogens is 456 g/mol. The van der Waals surface area contributed by atoms with Gasteiger partial charge in [-0.15, -0.1) is 4.73 Å². The van der Waals surface area contributed by atoms with Gasteiger partial charge >= 0.3 is 17.9 Å². The summed E-state index contributed by atoms with van der Waals surface area (Å²) in [5, 5.41) is 29.3. The molecule has 13 heteroatoms. The van der Waals surface area contributed by atoms with Gasteiger partial charge in [0.25, 0.3) is 5.56 Å². The van der Waals surface area contributed by atoms with Crippen molar-refractivity contribution in [1.29, 1.82) is 0 Å². The zero-order valence-corrected chi connectivity index (χ0v) is 17.1. The smallest absolute Gasteiger partial charge is 0.507 e. The molecule has 3 N–H and O–H groups in total. The molecule has 4 rings (SSSR count). The van der Waals surface area contributed by atoms with Gasteiger partial charge in [-0.1, -0.05) is 6.07 Å². The molecule has 13 nitrogen and oxygen atoms in total. The summed E-state index contributed by atoms with van der Waals surface area (Å²) < 4.78 is 15.4. The Morgan fingerprint density at radius 3 is 2.32 bits per heavy atom. The molecule has 0 radical (unpaired) electrons. The van der Waals surface area contributed by atoms with Crippen LogP contribution in [0.4, 0.5) is 4.79 Å². The van der Waals surface area contributed by atoms with Crippen molar-refractivity contribution < 1.29 is 43.6 Å². The largest absolute Gasteiger partial charge is 0.513 e. The van der Waals surface area contributed by atoms with Crippen molar-refractivity contribution in [3.05, 3.63) is 75.0 Å². The van der Waals surface area contributed by atoms with Gasteiger partial charge in [0, 0.05) is 18.2 Å². The van der Waals surface area contributed by atoms with Crippen molar-refractivity contribution in [2.24, 2.45) is 0 Å². The second-order valence-corrected chi connectivity index (χ2v) is 6.62. The monoisotopic (exact) mass is 470 g/mol. The molecule has 0 saturated carbocycles. The molecule has 0 saturated heterocycles. The third-order valence-electron chi connectivity index (χ3n) is 4.58. The number of phenols is 1. The van der Waals surface area contributed by atoms with Crippen molar-refractivity contribution in [2.45, 2.75) is 0 Å². The van der Waals surface area contributed by atoms with Crippen LogP contribution in [0.1, 0.15) is 10.4 Å². The van der Waals surface area contributed by atoms with Gasteiger partial charge in [0.15, 0.2) is 11.3 Å². The summed E-state index contributed by atoms with van der Waals surface area (Å²) in [5.74, 6) is -4.37. The molecule has 4 aromatic rings.